The Hall–Kier alpha value is -3.44. The van der Waals surface area contributed by atoms with E-state index in [1.165, 1.54) is 17.4 Å². The summed E-state index contributed by atoms with van der Waals surface area (Å²) in [4.78, 5) is 36.6. The first-order valence-corrected chi connectivity index (χ1v) is 12.3. The zero-order valence-electron chi connectivity index (χ0n) is 19.4. The lowest BCUT2D eigenvalue weighted by Crippen LogP contribution is -2.46. The molecule has 0 bridgehead atoms. The lowest BCUT2D eigenvalue weighted by Gasteiger charge is -2.33. The summed E-state index contributed by atoms with van der Waals surface area (Å²) in [5.74, 6) is -0.617. The minimum absolute atomic E-state index is 0.0679. The molecule has 35 heavy (non-hydrogen) atoms. The molecule has 1 fully saturated rings. The number of carbonyl (C=O) groups is 2. The van der Waals surface area contributed by atoms with Crippen LogP contribution in [0.1, 0.15) is 35.5 Å². The fraction of sp³-hybridized carbons (Fsp3) is 0.375. The second-order valence-electron chi connectivity index (χ2n) is 8.54. The standard InChI is InChI=1S/C24H25FN6O3S/c1-3-34-24(33)19-18(12-31-9-7-15-17(11-31)29-30-22(15)32)27-21(23-26-8-10-35-23)28-20(19)14-5-4-6-16(25)13(14)2/h4-6,8,10,15,20H,3,7,9,11-12H2,1-2H3,(H,27,28)(H,30,32)/t15?,20-/m0/s1. The number of esters is 1. The van der Waals surface area contributed by atoms with Gasteiger partial charge in [0.15, 0.2) is 10.8 Å². The largest absolute Gasteiger partial charge is 0.463 e. The van der Waals surface area contributed by atoms with Gasteiger partial charge >= 0.3 is 5.97 Å². The van der Waals surface area contributed by atoms with Crippen LogP contribution in [-0.2, 0) is 14.3 Å². The Kier molecular flexibility index (Phi) is 6.44. The Morgan fingerprint density at radius 3 is 3.00 bits per heavy atom. The molecule has 1 aromatic carbocycles. The van der Waals surface area contributed by atoms with Crippen LogP contribution in [0.4, 0.5) is 4.39 Å². The monoisotopic (exact) mass is 496 g/mol. The Bertz CT molecular complexity index is 1260. The predicted octanol–water partition coefficient (Wildman–Crippen LogP) is 2.31. The van der Waals surface area contributed by atoms with Crippen molar-refractivity contribution in [3.63, 3.8) is 0 Å². The van der Waals surface area contributed by atoms with Gasteiger partial charge in [-0.05, 0) is 37.5 Å². The van der Waals surface area contributed by atoms with Gasteiger partial charge in [0.2, 0.25) is 5.91 Å². The van der Waals surface area contributed by atoms with Gasteiger partial charge in [0.25, 0.3) is 0 Å². The summed E-state index contributed by atoms with van der Waals surface area (Å²) in [5.41, 5.74) is 5.32. The van der Waals surface area contributed by atoms with E-state index in [0.717, 1.165) is 5.71 Å². The van der Waals surface area contributed by atoms with E-state index in [-0.39, 0.29) is 24.2 Å². The molecular formula is C24H25FN6O3S. The number of hydrogen-bond donors (Lipinski definition) is 2. The van der Waals surface area contributed by atoms with Crippen LogP contribution in [0.2, 0.25) is 0 Å². The van der Waals surface area contributed by atoms with Crippen LogP contribution < -0.4 is 10.7 Å². The molecule has 3 aliphatic heterocycles. The van der Waals surface area contributed by atoms with E-state index < -0.39 is 12.0 Å². The van der Waals surface area contributed by atoms with Crippen LogP contribution in [0.5, 0.6) is 0 Å². The average molecular weight is 497 g/mol. The van der Waals surface area contributed by atoms with E-state index in [4.69, 9.17) is 9.73 Å². The highest BCUT2D eigenvalue weighted by Gasteiger charge is 2.38. The summed E-state index contributed by atoms with van der Waals surface area (Å²) in [7, 11) is 0. The van der Waals surface area contributed by atoms with Gasteiger partial charge in [-0.3, -0.25) is 14.7 Å². The minimum Gasteiger partial charge on any atom is -0.463 e. The molecule has 2 aromatic rings. The Labute approximate surface area is 205 Å². The van der Waals surface area contributed by atoms with Gasteiger partial charge in [0.1, 0.15) is 11.9 Å². The second kappa shape index (κ2) is 9.67. The molecule has 1 aromatic heterocycles. The van der Waals surface area contributed by atoms with Crippen molar-refractivity contribution in [2.45, 2.75) is 26.3 Å². The number of likely N-dealkylation sites (tertiary alicyclic amines) is 1. The number of nitrogens with one attached hydrogen (secondary N) is 2. The summed E-state index contributed by atoms with van der Waals surface area (Å²) in [6.45, 7) is 5.16. The van der Waals surface area contributed by atoms with Crippen molar-refractivity contribution < 1.29 is 18.7 Å². The summed E-state index contributed by atoms with van der Waals surface area (Å²) in [5, 5.41) is 10.0. The molecule has 5 rings (SSSR count). The van der Waals surface area contributed by atoms with Gasteiger partial charge in [-0.25, -0.2) is 19.6 Å². The topological polar surface area (TPSA) is 108 Å². The number of aromatic nitrogens is 1. The molecule has 2 N–H and O–H groups in total. The van der Waals surface area contributed by atoms with Crippen LogP contribution >= 0.6 is 11.3 Å². The molecule has 1 unspecified atom stereocenters. The summed E-state index contributed by atoms with van der Waals surface area (Å²) >= 11 is 1.42. The molecule has 0 saturated carbocycles. The number of piperidine rings is 1. The normalized spacial score (nSPS) is 22.2. The number of nitrogens with zero attached hydrogens (tertiary/aromatic N) is 4. The minimum atomic E-state index is -0.760. The molecule has 0 aliphatic carbocycles. The number of amides is 1. The third-order valence-corrected chi connectivity index (χ3v) is 7.17. The lowest BCUT2D eigenvalue weighted by molar-refractivity contribution is -0.139. The summed E-state index contributed by atoms with van der Waals surface area (Å²) < 4.78 is 20.0. The van der Waals surface area contributed by atoms with Crippen LogP contribution in [0.15, 0.2) is 51.1 Å². The van der Waals surface area contributed by atoms with Gasteiger partial charge in [0, 0.05) is 36.9 Å². The van der Waals surface area contributed by atoms with Gasteiger partial charge in [0.05, 0.1) is 23.8 Å². The maximum atomic E-state index is 14.5. The maximum absolute atomic E-state index is 14.5. The fourth-order valence-corrected chi connectivity index (χ4v) is 5.21. The van der Waals surface area contributed by atoms with Crippen molar-refractivity contribution in [1.82, 2.24) is 20.6 Å². The molecular weight excluding hydrogens is 471 g/mol. The number of amidine groups is 1. The van der Waals surface area contributed by atoms with Crippen LogP contribution in [0.25, 0.3) is 0 Å². The second-order valence-corrected chi connectivity index (χ2v) is 9.43. The first-order valence-electron chi connectivity index (χ1n) is 11.4. The number of benzene rings is 1. The Balaban J connectivity index is 1.56. The summed E-state index contributed by atoms with van der Waals surface area (Å²) in [6.07, 6.45) is 2.33. The SMILES string of the molecule is CCOC(=O)C1=C(CN2CCC3C(=O)NN=C3C2)NC(c2nccs2)=N[C@H]1c1cccc(F)c1C. The molecule has 4 heterocycles. The van der Waals surface area contributed by atoms with Crippen molar-refractivity contribution in [3.05, 3.63) is 63.0 Å². The third kappa shape index (κ3) is 4.48. The van der Waals surface area contributed by atoms with Crippen molar-refractivity contribution >= 4 is 34.8 Å². The van der Waals surface area contributed by atoms with Crippen LogP contribution in [-0.4, -0.2) is 59.5 Å². The zero-order valence-corrected chi connectivity index (χ0v) is 20.2. The Morgan fingerprint density at radius 2 is 2.23 bits per heavy atom. The van der Waals surface area contributed by atoms with E-state index in [2.05, 4.69) is 25.7 Å². The number of thiazole rings is 1. The van der Waals surface area contributed by atoms with Crippen LogP contribution in [0.3, 0.4) is 0 Å². The summed E-state index contributed by atoms with van der Waals surface area (Å²) in [6, 6.07) is 4.03. The van der Waals surface area contributed by atoms with Gasteiger partial charge in [-0.15, -0.1) is 11.3 Å². The van der Waals surface area contributed by atoms with E-state index in [1.807, 2.05) is 5.38 Å². The molecule has 0 spiro atoms. The molecule has 182 valence electrons. The van der Waals surface area contributed by atoms with E-state index in [0.29, 0.717) is 59.3 Å². The first-order chi connectivity index (χ1) is 17.0. The third-order valence-electron chi connectivity index (χ3n) is 6.39. The molecule has 11 heteroatoms. The molecule has 3 aliphatic rings. The van der Waals surface area contributed by atoms with Crippen LogP contribution in [0, 0.1) is 18.7 Å². The molecule has 0 radical (unpaired) electrons. The number of rotatable bonds is 6. The van der Waals surface area contributed by atoms with Crippen molar-refractivity contribution in [3.8, 4) is 0 Å². The number of halogens is 1. The highest BCUT2D eigenvalue weighted by Crippen LogP contribution is 2.35. The number of hydrazone groups is 1. The van der Waals surface area contributed by atoms with Crippen molar-refractivity contribution in [2.24, 2.45) is 16.0 Å². The quantitative estimate of drug-likeness (QED) is 0.595. The van der Waals surface area contributed by atoms with Crippen molar-refractivity contribution in [2.75, 3.05) is 26.2 Å². The fourth-order valence-electron chi connectivity index (χ4n) is 4.62. The van der Waals surface area contributed by atoms with Gasteiger partial charge in [-0.2, -0.15) is 5.10 Å². The molecule has 2 atom stereocenters. The highest BCUT2D eigenvalue weighted by molar-refractivity contribution is 7.11. The number of hydrogen-bond acceptors (Lipinski definition) is 9. The Morgan fingerprint density at radius 1 is 1.37 bits per heavy atom. The zero-order chi connectivity index (χ0) is 24.5. The first kappa shape index (κ1) is 23.3. The van der Waals surface area contributed by atoms with E-state index >= 15 is 0 Å². The number of ether oxygens (including phenoxy) is 1. The molecule has 1 saturated heterocycles. The number of aliphatic imine (C=N–C) groups is 1. The number of fused-ring (bicyclic) bond motifs is 1. The molecule has 9 nitrogen and oxygen atoms in total. The maximum Gasteiger partial charge on any atom is 0.338 e. The van der Waals surface area contributed by atoms with E-state index in [1.54, 1.807) is 32.2 Å². The smallest absolute Gasteiger partial charge is 0.338 e. The highest BCUT2D eigenvalue weighted by atomic mass is 32.1. The van der Waals surface area contributed by atoms with E-state index in [9.17, 15) is 14.0 Å². The molecule has 1 amide bonds. The van der Waals surface area contributed by atoms with Crippen molar-refractivity contribution in [1.29, 1.82) is 0 Å². The average Bonchev–Trinajstić information content (AvgIpc) is 3.51. The lowest BCUT2D eigenvalue weighted by atomic mass is 9.91. The van der Waals surface area contributed by atoms with Gasteiger partial charge in [-0.1, -0.05) is 12.1 Å². The predicted molar refractivity (Wildman–Crippen MR) is 129 cm³/mol. The number of carbonyl (C=O) groups excluding carboxylic acids is 2. The van der Waals surface area contributed by atoms with Gasteiger partial charge < -0.3 is 10.1 Å².